The Kier molecular flexibility index (Phi) is 4.94. The van der Waals surface area contributed by atoms with Crippen molar-refractivity contribution in [1.29, 1.82) is 0 Å². The zero-order valence-electron chi connectivity index (χ0n) is 11.4. The van der Waals surface area contributed by atoms with Gasteiger partial charge in [-0.3, -0.25) is 0 Å². The molecule has 6 heteroatoms. The van der Waals surface area contributed by atoms with Gasteiger partial charge in [-0.1, -0.05) is 40.5 Å². The monoisotopic (exact) mass is 323 g/mol. The molecule has 2 aromatic rings. The van der Waals surface area contributed by atoms with Crippen LogP contribution in [-0.2, 0) is 6.54 Å². The topological polar surface area (TPSA) is 61.8 Å². The van der Waals surface area contributed by atoms with E-state index in [2.05, 4.69) is 5.16 Å². The van der Waals surface area contributed by atoms with Gasteiger partial charge in [0.25, 0.3) is 0 Å². The number of nitrogens with zero attached hydrogens (tertiary/aromatic N) is 2. The summed E-state index contributed by atoms with van der Waals surface area (Å²) in [5, 5.41) is 13.2. The smallest absolute Gasteiger partial charge is 0.172 e. The third kappa shape index (κ3) is 3.80. The van der Waals surface area contributed by atoms with Gasteiger partial charge in [0, 0.05) is 34.9 Å². The Bertz CT molecular complexity index is 674. The van der Waals surface area contributed by atoms with E-state index in [1.54, 1.807) is 18.2 Å². The lowest BCUT2D eigenvalue weighted by Crippen LogP contribution is -2.22. The standard InChI is InChI=1S/C15H15Cl2N3O/c1-20(9-10-3-2-4-11(16)7-10)14-8-12(17)5-6-13(14)15(18)19-21/h2-8,21H,9H2,1H3,(H2,18,19). The summed E-state index contributed by atoms with van der Waals surface area (Å²) in [6.45, 7) is 0.618. The number of anilines is 1. The van der Waals surface area contributed by atoms with Crippen molar-refractivity contribution < 1.29 is 5.21 Å². The fraction of sp³-hybridized carbons (Fsp3) is 0.133. The zero-order valence-corrected chi connectivity index (χ0v) is 12.9. The van der Waals surface area contributed by atoms with E-state index >= 15 is 0 Å². The molecule has 4 nitrogen and oxygen atoms in total. The van der Waals surface area contributed by atoms with E-state index in [-0.39, 0.29) is 5.84 Å². The van der Waals surface area contributed by atoms with E-state index in [1.165, 1.54) is 0 Å². The zero-order chi connectivity index (χ0) is 15.4. The van der Waals surface area contributed by atoms with Gasteiger partial charge in [-0.2, -0.15) is 0 Å². The Morgan fingerprint density at radius 3 is 2.57 bits per heavy atom. The minimum absolute atomic E-state index is 0.0413. The van der Waals surface area contributed by atoms with Crippen LogP contribution in [0, 0.1) is 0 Å². The average molecular weight is 324 g/mol. The maximum absolute atomic E-state index is 8.88. The normalized spacial score (nSPS) is 11.5. The number of benzene rings is 2. The van der Waals surface area contributed by atoms with Crippen LogP contribution in [0.5, 0.6) is 0 Å². The molecule has 0 bridgehead atoms. The first-order valence-electron chi connectivity index (χ1n) is 6.24. The summed E-state index contributed by atoms with van der Waals surface area (Å²) in [6.07, 6.45) is 0. The predicted octanol–water partition coefficient (Wildman–Crippen LogP) is 3.72. The second-order valence-corrected chi connectivity index (χ2v) is 5.51. The van der Waals surface area contributed by atoms with Crippen molar-refractivity contribution in [2.75, 3.05) is 11.9 Å². The highest BCUT2D eigenvalue weighted by molar-refractivity contribution is 6.31. The van der Waals surface area contributed by atoms with Crippen LogP contribution in [-0.4, -0.2) is 18.1 Å². The molecular weight excluding hydrogens is 309 g/mol. The van der Waals surface area contributed by atoms with Crippen LogP contribution in [0.2, 0.25) is 10.0 Å². The molecule has 2 aromatic carbocycles. The molecule has 0 aliphatic carbocycles. The van der Waals surface area contributed by atoms with Crippen LogP contribution < -0.4 is 10.6 Å². The van der Waals surface area contributed by atoms with Gasteiger partial charge < -0.3 is 15.8 Å². The van der Waals surface area contributed by atoms with Crippen molar-refractivity contribution in [3.63, 3.8) is 0 Å². The highest BCUT2D eigenvalue weighted by Crippen LogP contribution is 2.25. The van der Waals surface area contributed by atoms with Gasteiger partial charge in [-0.25, -0.2) is 0 Å². The Morgan fingerprint density at radius 2 is 1.90 bits per heavy atom. The number of oxime groups is 1. The molecule has 3 N–H and O–H groups in total. The van der Waals surface area contributed by atoms with E-state index in [4.69, 9.17) is 34.1 Å². The van der Waals surface area contributed by atoms with Crippen molar-refractivity contribution in [3.8, 4) is 0 Å². The summed E-state index contributed by atoms with van der Waals surface area (Å²) in [7, 11) is 1.90. The Hall–Kier alpha value is -1.91. The molecule has 0 saturated heterocycles. The lowest BCUT2D eigenvalue weighted by molar-refractivity contribution is 0.318. The number of nitrogens with two attached hydrogens (primary N) is 1. The number of hydrogen-bond donors (Lipinski definition) is 2. The maximum atomic E-state index is 8.88. The number of halogens is 2. The molecule has 110 valence electrons. The van der Waals surface area contributed by atoms with Crippen molar-refractivity contribution in [2.24, 2.45) is 10.9 Å². The molecule has 0 unspecified atom stereocenters. The maximum Gasteiger partial charge on any atom is 0.172 e. The van der Waals surface area contributed by atoms with Crippen LogP contribution in [0.4, 0.5) is 5.69 Å². The molecule has 0 atom stereocenters. The minimum Gasteiger partial charge on any atom is -0.409 e. The van der Waals surface area contributed by atoms with Gasteiger partial charge in [0.2, 0.25) is 0 Å². The SMILES string of the molecule is CN(Cc1cccc(Cl)c1)c1cc(Cl)ccc1C(N)=NO. The van der Waals surface area contributed by atoms with Gasteiger partial charge in [0.1, 0.15) is 0 Å². The summed E-state index contributed by atoms with van der Waals surface area (Å²) in [4.78, 5) is 1.96. The summed E-state index contributed by atoms with van der Waals surface area (Å²) in [6, 6.07) is 12.8. The third-order valence-corrected chi connectivity index (χ3v) is 3.53. The summed E-state index contributed by atoms with van der Waals surface area (Å²) >= 11 is 12.0. The molecule has 21 heavy (non-hydrogen) atoms. The molecule has 0 radical (unpaired) electrons. The second-order valence-electron chi connectivity index (χ2n) is 4.63. The molecule has 0 saturated carbocycles. The minimum atomic E-state index is 0.0413. The van der Waals surface area contributed by atoms with E-state index in [9.17, 15) is 0 Å². The van der Waals surface area contributed by atoms with Crippen LogP contribution >= 0.6 is 23.2 Å². The van der Waals surface area contributed by atoms with Crippen LogP contribution in [0.1, 0.15) is 11.1 Å². The fourth-order valence-corrected chi connectivity index (χ4v) is 2.46. The molecule has 0 aliphatic heterocycles. The Labute approximate surface area is 133 Å². The molecular formula is C15H15Cl2N3O. The summed E-state index contributed by atoms with van der Waals surface area (Å²) < 4.78 is 0. The molecule has 0 spiro atoms. The highest BCUT2D eigenvalue weighted by Gasteiger charge is 2.12. The van der Waals surface area contributed by atoms with Gasteiger partial charge in [-0.15, -0.1) is 0 Å². The molecule has 2 rings (SSSR count). The van der Waals surface area contributed by atoms with Gasteiger partial charge in [-0.05, 0) is 35.9 Å². The first kappa shape index (κ1) is 15.5. The predicted molar refractivity (Wildman–Crippen MR) is 87.5 cm³/mol. The van der Waals surface area contributed by atoms with Gasteiger partial charge in [0.05, 0.1) is 0 Å². The van der Waals surface area contributed by atoms with E-state index in [0.717, 1.165) is 11.3 Å². The third-order valence-electron chi connectivity index (χ3n) is 3.06. The lowest BCUT2D eigenvalue weighted by Gasteiger charge is -2.22. The first-order chi connectivity index (χ1) is 10.0. The molecule has 0 heterocycles. The average Bonchev–Trinajstić information content (AvgIpc) is 2.46. The summed E-state index contributed by atoms with van der Waals surface area (Å²) in [5.74, 6) is 0.0413. The number of hydrogen-bond acceptors (Lipinski definition) is 3. The van der Waals surface area contributed by atoms with Crippen LogP contribution in [0.15, 0.2) is 47.6 Å². The number of rotatable bonds is 4. The van der Waals surface area contributed by atoms with Crippen LogP contribution in [0.3, 0.4) is 0 Å². The van der Waals surface area contributed by atoms with Crippen LogP contribution in [0.25, 0.3) is 0 Å². The van der Waals surface area contributed by atoms with E-state index in [1.807, 2.05) is 36.2 Å². The largest absolute Gasteiger partial charge is 0.409 e. The highest BCUT2D eigenvalue weighted by atomic mass is 35.5. The van der Waals surface area contributed by atoms with E-state index < -0.39 is 0 Å². The number of amidine groups is 1. The Balaban J connectivity index is 2.34. The van der Waals surface area contributed by atoms with Crippen molar-refractivity contribution in [3.05, 3.63) is 63.6 Å². The van der Waals surface area contributed by atoms with Gasteiger partial charge in [0.15, 0.2) is 5.84 Å². The fourth-order valence-electron chi connectivity index (χ4n) is 2.09. The van der Waals surface area contributed by atoms with Crippen molar-refractivity contribution in [2.45, 2.75) is 6.54 Å². The van der Waals surface area contributed by atoms with Gasteiger partial charge >= 0.3 is 0 Å². The van der Waals surface area contributed by atoms with Crippen molar-refractivity contribution in [1.82, 2.24) is 0 Å². The quantitative estimate of drug-likeness (QED) is 0.390. The summed E-state index contributed by atoms with van der Waals surface area (Å²) in [5.41, 5.74) is 8.15. The van der Waals surface area contributed by atoms with Crippen molar-refractivity contribution >= 4 is 34.7 Å². The first-order valence-corrected chi connectivity index (χ1v) is 7.00. The molecule has 0 fully saturated rings. The second kappa shape index (κ2) is 6.70. The molecule has 0 aromatic heterocycles. The van der Waals surface area contributed by atoms with E-state index in [0.29, 0.717) is 22.2 Å². The lowest BCUT2D eigenvalue weighted by atomic mass is 10.1. The molecule has 0 aliphatic rings. The Morgan fingerprint density at radius 1 is 1.19 bits per heavy atom. The molecule has 0 amide bonds.